The van der Waals surface area contributed by atoms with Crippen molar-refractivity contribution in [1.29, 1.82) is 5.26 Å². The molecule has 0 aliphatic rings. The Labute approximate surface area is 202 Å². The SMILES string of the molecule is CCCCCC[C@H](C)C(=O)c1cc(-c2ccc(C#N)c(C)c2)n(-c2ccc(C(C)C)cc2F)n1. The summed E-state index contributed by atoms with van der Waals surface area (Å²) in [5.41, 5.74) is 4.36. The quantitative estimate of drug-likeness (QED) is 0.230. The Morgan fingerprint density at radius 2 is 1.85 bits per heavy atom. The summed E-state index contributed by atoms with van der Waals surface area (Å²) in [6.07, 6.45) is 5.26. The van der Waals surface area contributed by atoms with Gasteiger partial charge in [0.1, 0.15) is 17.2 Å². The summed E-state index contributed by atoms with van der Waals surface area (Å²) in [4.78, 5) is 13.2. The van der Waals surface area contributed by atoms with E-state index in [0.29, 0.717) is 22.6 Å². The van der Waals surface area contributed by atoms with E-state index < -0.39 is 0 Å². The lowest BCUT2D eigenvalue weighted by Gasteiger charge is -2.12. The molecule has 4 nitrogen and oxygen atoms in total. The molecule has 0 spiro atoms. The largest absolute Gasteiger partial charge is 0.292 e. The highest BCUT2D eigenvalue weighted by Crippen LogP contribution is 2.29. The lowest BCUT2D eigenvalue weighted by atomic mass is 9.96. The molecule has 0 bridgehead atoms. The van der Waals surface area contributed by atoms with Gasteiger partial charge in [-0.1, -0.05) is 65.5 Å². The molecule has 0 unspecified atom stereocenters. The minimum absolute atomic E-state index is 0.0268. The molecule has 0 radical (unpaired) electrons. The number of nitrogens with zero attached hydrogens (tertiary/aromatic N) is 3. The fraction of sp³-hybridized carbons (Fsp3) is 0.414. The third-order valence-corrected chi connectivity index (χ3v) is 6.41. The number of benzene rings is 2. The zero-order valence-electron chi connectivity index (χ0n) is 20.9. The summed E-state index contributed by atoms with van der Waals surface area (Å²) in [5.74, 6) is -0.356. The molecule has 0 saturated carbocycles. The van der Waals surface area contributed by atoms with Gasteiger partial charge in [-0.2, -0.15) is 10.4 Å². The molecule has 0 saturated heterocycles. The number of nitriles is 1. The molecule has 3 aromatic rings. The first-order valence-corrected chi connectivity index (χ1v) is 12.2. The predicted molar refractivity (Wildman–Crippen MR) is 135 cm³/mol. The fourth-order valence-electron chi connectivity index (χ4n) is 4.15. The van der Waals surface area contributed by atoms with Crippen LogP contribution in [0.1, 0.15) is 92.9 Å². The number of Topliss-reactive ketones (excluding diaryl/α,β-unsaturated/α-hetero) is 1. The van der Waals surface area contributed by atoms with Crippen LogP contribution in [0.15, 0.2) is 42.5 Å². The normalized spacial score (nSPS) is 12.1. The average Bonchev–Trinajstić information content (AvgIpc) is 3.26. The molecule has 5 heteroatoms. The van der Waals surface area contributed by atoms with Gasteiger partial charge in [-0.15, -0.1) is 0 Å². The molecule has 0 amide bonds. The van der Waals surface area contributed by atoms with Gasteiger partial charge in [-0.3, -0.25) is 4.79 Å². The first-order valence-electron chi connectivity index (χ1n) is 12.2. The Hall–Kier alpha value is -3.26. The molecule has 34 heavy (non-hydrogen) atoms. The van der Waals surface area contributed by atoms with Gasteiger partial charge in [-0.05, 0) is 60.7 Å². The average molecular weight is 460 g/mol. The van der Waals surface area contributed by atoms with Crippen LogP contribution in [-0.2, 0) is 0 Å². The number of rotatable bonds is 10. The van der Waals surface area contributed by atoms with E-state index in [1.807, 2.05) is 45.9 Å². The highest BCUT2D eigenvalue weighted by molar-refractivity contribution is 5.97. The van der Waals surface area contributed by atoms with Gasteiger partial charge in [-0.25, -0.2) is 9.07 Å². The number of hydrogen-bond donors (Lipinski definition) is 0. The van der Waals surface area contributed by atoms with Crippen molar-refractivity contribution >= 4 is 5.78 Å². The zero-order chi connectivity index (χ0) is 24.8. The summed E-state index contributed by atoms with van der Waals surface area (Å²) in [5, 5.41) is 13.9. The number of aryl methyl sites for hydroxylation is 1. The third kappa shape index (κ3) is 5.62. The third-order valence-electron chi connectivity index (χ3n) is 6.41. The first kappa shape index (κ1) is 25.4. The Kier molecular flexibility index (Phi) is 8.39. The minimum atomic E-state index is -0.382. The highest BCUT2D eigenvalue weighted by atomic mass is 19.1. The molecule has 1 atom stereocenters. The molecule has 2 aromatic carbocycles. The number of hydrogen-bond acceptors (Lipinski definition) is 3. The Bertz CT molecular complexity index is 1200. The minimum Gasteiger partial charge on any atom is -0.292 e. The van der Waals surface area contributed by atoms with Crippen molar-refractivity contribution in [3.8, 4) is 23.0 Å². The Morgan fingerprint density at radius 3 is 2.47 bits per heavy atom. The van der Waals surface area contributed by atoms with Crippen molar-refractivity contribution in [3.05, 3.63) is 70.7 Å². The topological polar surface area (TPSA) is 58.7 Å². The first-order chi connectivity index (χ1) is 16.3. The molecule has 0 aliphatic carbocycles. The smallest absolute Gasteiger partial charge is 0.185 e. The van der Waals surface area contributed by atoms with Crippen LogP contribution in [0.2, 0.25) is 0 Å². The van der Waals surface area contributed by atoms with Crippen molar-refractivity contribution in [2.75, 3.05) is 0 Å². The zero-order valence-corrected chi connectivity index (χ0v) is 20.9. The van der Waals surface area contributed by atoms with E-state index >= 15 is 4.39 Å². The predicted octanol–water partition coefficient (Wildman–Crippen LogP) is 7.77. The van der Waals surface area contributed by atoms with Crippen molar-refractivity contribution in [3.63, 3.8) is 0 Å². The van der Waals surface area contributed by atoms with Crippen molar-refractivity contribution in [2.45, 2.75) is 72.6 Å². The van der Waals surface area contributed by atoms with Crippen LogP contribution in [0.5, 0.6) is 0 Å². The van der Waals surface area contributed by atoms with Crippen molar-refractivity contribution in [2.24, 2.45) is 5.92 Å². The molecular weight excluding hydrogens is 425 g/mol. The van der Waals surface area contributed by atoms with Crippen molar-refractivity contribution < 1.29 is 9.18 Å². The van der Waals surface area contributed by atoms with E-state index in [4.69, 9.17) is 0 Å². The maximum Gasteiger partial charge on any atom is 0.185 e. The van der Waals surface area contributed by atoms with E-state index in [9.17, 15) is 10.1 Å². The number of halogens is 1. The number of unbranched alkanes of at least 4 members (excludes halogenated alkanes) is 3. The van der Waals surface area contributed by atoms with Crippen LogP contribution >= 0.6 is 0 Å². The fourth-order valence-corrected chi connectivity index (χ4v) is 4.15. The second-order valence-corrected chi connectivity index (χ2v) is 9.45. The van der Waals surface area contributed by atoms with E-state index in [2.05, 4.69) is 18.1 Å². The van der Waals surface area contributed by atoms with Crippen LogP contribution in [0.4, 0.5) is 4.39 Å². The Morgan fingerprint density at radius 1 is 1.09 bits per heavy atom. The highest BCUT2D eigenvalue weighted by Gasteiger charge is 2.23. The molecule has 0 aliphatic heterocycles. The van der Waals surface area contributed by atoms with Gasteiger partial charge in [0.2, 0.25) is 0 Å². The molecule has 0 N–H and O–H groups in total. The number of aromatic nitrogens is 2. The van der Waals surface area contributed by atoms with Gasteiger partial charge in [0, 0.05) is 11.5 Å². The lowest BCUT2D eigenvalue weighted by Crippen LogP contribution is -2.13. The molecule has 1 heterocycles. The van der Waals surface area contributed by atoms with Gasteiger partial charge in [0.05, 0.1) is 17.3 Å². The summed E-state index contributed by atoms with van der Waals surface area (Å²) in [6.45, 7) is 10.0. The number of carbonyl (C=O) groups is 1. The van der Waals surface area contributed by atoms with E-state index in [1.54, 1.807) is 18.2 Å². The monoisotopic (exact) mass is 459 g/mol. The molecule has 178 valence electrons. The summed E-state index contributed by atoms with van der Waals surface area (Å²) in [6, 6.07) is 14.5. The van der Waals surface area contributed by atoms with E-state index in [1.165, 1.54) is 17.2 Å². The van der Waals surface area contributed by atoms with Gasteiger partial charge < -0.3 is 0 Å². The second-order valence-electron chi connectivity index (χ2n) is 9.45. The van der Waals surface area contributed by atoms with Gasteiger partial charge >= 0.3 is 0 Å². The van der Waals surface area contributed by atoms with E-state index in [0.717, 1.165) is 42.4 Å². The van der Waals surface area contributed by atoms with Gasteiger partial charge in [0.25, 0.3) is 0 Å². The lowest BCUT2D eigenvalue weighted by molar-refractivity contribution is 0.0916. The summed E-state index contributed by atoms with van der Waals surface area (Å²) >= 11 is 0. The second kappa shape index (κ2) is 11.2. The molecule has 1 aromatic heterocycles. The van der Waals surface area contributed by atoms with Crippen LogP contribution in [-0.4, -0.2) is 15.6 Å². The maximum absolute atomic E-state index is 15.2. The van der Waals surface area contributed by atoms with E-state index in [-0.39, 0.29) is 23.4 Å². The number of ketones is 1. The maximum atomic E-state index is 15.2. The van der Waals surface area contributed by atoms with Crippen LogP contribution in [0.25, 0.3) is 16.9 Å². The van der Waals surface area contributed by atoms with Crippen molar-refractivity contribution in [1.82, 2.24) is 9.78 Å². The summed E-state index contributed by atoms with van der Waals surface area (Å²) < 4.78 is 16.7. The standard InChI is InChI=1S/C29H34FN3O/c1-6-7-8-9-10-20(4)29(34)26-17-28(23-11-12-24(18-31)21(5)15-23)33(32-26)27-14-13-22(19(2)3)16-25(27)30/h11-17,19-20H,6-10H2,1-5H3/t20-/m0/s1. The van der Waals surface area contributed by atoms with Crippen LogP contribution < -0.4 is 0 Å². The van der Waals surface area contributed by atoms with Crippen LogP contribution in [0.3, 0.4) is 0 Å². The molecule has 3 rings (SSSR count). The molecule has 0 fully saturated rings. The number of carbonyl (C=O) groups excluding carboxylic acids is 1. The summed E-state index contributed by atoms with van der Waals surface area (Å²) in [7, 11) is 0. The van der Waals surface area contributed by atoms with Gasteiger partial charge in [0.15, 0.2) is 5.78 Å². The Balaban J connectivity index is 2.05. The van der Waals surface area contributed by atoms with Crippen LogP contribution in [0, 0.1) is 30.0 Å². The molecular formula is C29H34FN3O.